The van der Waals surface area contributed by atoms with Gasteiger partial charge < -0.3 is 19.7 Å². The van der Waals surface area contributed by atoms with E-state index in [9.17, 15) is 14.7 Å². The molecule has 6 nitrogen and oxygen atoms in total. The summed E-state index contributed by atoms with van der Waals surface area (Å²) < 4.78 is 10.1. The van der Waals surface area contributed by atoms with E-state index >= 15 is 0 Å². The number of unbranched alkanes of at least 4 members (excludes halogenated alkanes) is 6. The van der Waals surface area contributed by atoms with Crippen molar-refractivity contribution in [1.29, 1.82) is 0 Å². The van der Waals surface area contributed by atoms with Crippen LogP contribution in [0.1, 0.15) is 51.9 Å². The Kier molecular flexibility index (Phi) is 8.49. The molecule has 0 radical (unpaired) electrons. The maximum atomic E-state index is 11.6. The highest BCUT2D eigenvalue weighted by Gasteiger charge is 2.47. The van der Waals surface area contributed by atoms with Crippen molar-refractivity contribution in [2.75, 3.05) is 13.2 Å². The summed E-state index contributed by atoms with van der Waals surface area (Å²) in [6, 6.07) is 0. The minimum absolute atomic E-state index is 0.343. The second-order valence-electron chi connectivity index (χ2n) is 5.40. The lowest BCUT2D eigenvalue weighted by Crippen LogP contribution is -2.41. The predicted octanol–water partition coefficient (Wildman–Crippen LogP) is 0.970. The van der Waals surface area contributed by atoms with Crippen LogP contribution in [0.2, 0.25) is 0 Å². The number of Topliss-reactive ketones (excluding diaryl/α,β-unsaturated/α-hetero) is 1. The summed E-state index contributed by atoms with van der Waals surface area (Å²) in [5.41, 5.74) is 0. The van der Waals surface area contributed by atoms with Crippen molar-refractivity contribution >= 4 is 11.8 Å². The Labute approximate surface area is 125 Å². The first-order chi connectivity index (χ1) is 10.1. The lowest BCUT2D eigenvalue weighted by molar-refractivity contribution is -0.152. The number of hydrogen-bond acceptors (Lipinski definition) is 6. The third-order valence-electron chi connectivity index (χ3n) is 3.61. The summed E-state index contributed by atoms with van der Waals surface area (Å²) in [6.07, 6.45) is 4.36. The second-order valence-corrected chi connectivity index (χ2v) is 5.40. The Hall–Kier alpha value is -0.980. The van der Waals surface area contributed by atoms with Crippen LogP contribution in [0.3, 0.4) is 0 Å². The lowest BCUT2D eigenvalue weighted by atomic mass is 10.1. The van der Waals surface area contributed by atoms with E-state index < -0.39 is 36.7 Å². The van der Waals surface area contributed by atoms with Gasteiger partial charge in [-0.05, 0) is 6.42 Å². The van der Waals surface area contributed by atoms with Gasteiger partial charge in [0, 0.05) is 6.61 Å². The molecule has 0 aromatic rings. The number of ether oxygens (including phenoxy) is 2. The summed E-state index contributed by atoms with van der Waals surface area (Å²) in [5.74, 6) is -1.78. The van der Waals surface area contributed by atoms with Gasteiger partial charge in [0.2, 0.25) is 0 Å². The van der Waals surface area contributed by atoms with Crippen LogP contribution >= 0.6 is 0 Å². The first kappa shape index (κ1) is 18.1. The number of cyclic esters (lactones) is 1. The summed E-state index contributed by atoms with van der Waals surface area (Å²) in [5, 5.41) is 18.4. The van der Waals surface area contributed by atoms with E-state index in [1.54, 1.807) is 0 Å². The summed E-state index contributed by atoms with van der Waals surface area (Å²) >= 11 is 0. The Morgan fingerprint density at radius 2 is 1.76 bits per heavy atom. The van der Waals surface area contributed by atoms with Crippen molar-refractivity contribution in [1.82, 2.24) is 0 Å². The van der Waals surface area contributed by atoms with E-state index in [-0.39, 0.29) is 0 Å². The number of aliphatic hydroxyl groups excluding tert-OH is 2. The molecule has 0 aromatic carbocycles. The van der Waals surface area contributed by atoms with Gasteiger partial charge in [0.1, 0.15) is 6.10 Å². The molecule has 1 unspecified atom stereocenters. The monoisotopic (exact) mass is 302 g/mol. The third-order valence-corrected chi connectivity index (χ3v) is 3.61. The van der Waals surface area contributed by atoms with Crippen LogP contribution in [0.15, 0.2) is 0 Å². The van der Waals surface area contributed by atoms with E-state index in [1.807, 2.05) is 0 Å². The van der Waals surface area contributed by atoms with Gasteiger partial charge in [-0.1, -0.05) is 45.4 Å². The Bertz CT molecular complexity index is 330. The molecular formula is C15H26O6. The maximum absolute atomic E-state index is 11.6. The topological polar surface area (TPSA) is 93.1 Å². The smallest absolute Gasteiger partial charge is 0.378 e. The van der Waals surface area contributed by atoms with Gasteiger partial charge in [-0.25, -0.2) is 4.79 Å². The van der Waals surface area contributed by atoms with Gasteiger partial charge in [-0.3, -0.25) is 4.79 Å². The minimum atomic E-state index is -1.29. The van der Waals surface area contributed by atoms with Crippen molar-refractivity contribution in [3.05, 3.63) is 0 Å². The standard InChI is InChI=1S/C15H26O6/c1-2-3-4-5-6-7-8-9-20-14-12(18)15(19)21-13(14)11(17)10-16/h11,13-14,16-17H,2-10H2,1H3/t11-,13+,14?/m0/s1. The van der Waals surface area contributed by atoms with Crippen LogP contribution in [-0.2, 0) is 19.1 Å². The minimum Gasteiger partial charge on any atom is -0.450 e. The zero-order chi connectivity index (χ0) is 15.7. The maximum Gasteiger partial charge on any atom is 0.378 e. The molecule has 0 aromatic heterocycles. The quantitative estimate of drug-likeness (QED) is 0.335. The number of rotatable bonds is 11. The van der Waals surface area contributed by atoms with E-state index in [2.05, 4.69) is 6.92 Å². The molecule has 0 saturated carbocycles. The van der Waals surface area contributed by atoms with E-state index in [0.29, 0.717) is 6.61 Å². The van der Waals surface area contributed by atoms with Gasteiger partial charge in [0.25, 0.3) is 5.78 Å². The average Bonchev–Trinajstić information content (AvgIpc) is 2.77. The van der Waals surface area contributed by atoms with Gasteiger partial charge in [0.15, 0.2) is 12.2 Å². The van der Waals surface area contributed by atoms with Crippen molar-refractivity contribution in [2.45, 2.75) is 70.2 Å². The van der Waals surface area contributed by atoms with E-state index in [0.717, 1.165) is 19.3 Å². The average molecular weight is 302 g/mol. The number of carbonyl (C=O) groups excluding carboxylic acids is 2. The zero-order valence-electron chi connectivity index (χ0n) is 12.6. The van der Waals surface area contributed by atoms with E-state index in [1.165, 1.54) is 25.7 Å². The fourth-order valence-electron chi connectivity index (χ4n) is 2.33. The van der Waals surface area contributed by atoms with Crippen LogP contribution in [0, 0.1) is 0 Å². The van der Waals surface area contributed by atoms with Gasteiger partial charge in [-0.2, -0.15) is 0 Å². The second kappa shape index (κ2) is 9.87. The molecule has 3 atom stereocenters. The van der Waals surface area contributed by atoms with Gasteiger partial charge in [-0.15, -0.1) is 0 Å². The van der Waals surface area contributed by atoms with Crippen molar-refractivity contribution in [2.24, 2.45) is 0 Å². The Morgan fingerprint density at radius 1 is 1.14 bits per heavy atom. The molecule has 0 spiro atoms. The van der Waals surface area contributed by atoms with Crippen LogP contribution < -0.4 is 0 Å². The molecule has 2 N–H and O–H groups in total. The molecule has 1 aliphatic rings. The number of aliphatic hydroxyl groups is 2. The lowest BCUT2D eigenvalue weighted by Gasteiger charge is -2.20. The molecule has 1 fully saturated rings. The normalized spacial score (nSPS) is 23.4. The summed E-state index contributed by atoms with van der Waals surface area (Å²) in [4.78, 5) is 22.8. The molecule has 0 aliphatic carbocycles. The fraction of sp³-hybridized carbons (Fsp3) is 0.867. The zero-order valence-corrected chi connectivity index (χ0v) is 12.6. The molecule has 1 saturated heterocycles. The molecule has 0 bridgehead atoms. The molecule has 0 amide bonds. The van der Waals surface area contributed by atoms with Crippen LogP contribution in [0.4, 0.5) is 0 Å². The largest absolute Gasteiger partial charge is 0.450 e. The third kappa shape index (κ3) is 5.73. The van der Waals surface area contributed by atoms with Gasteiger partial charge in [0.05, 0.1) is 6.61 Å². The number of carbonyl (C=O) groups is 2. The highest BCUT2D eigenvalue weighted by Crippen LogP contribution is 2.19. The molecule has 1 aliphatic heterocycles. The SMILES string of the molecule is CCCCCCCCCOC1C(=O)C(=O)O[C@@H]1[C@@H](O)CO. The number of hydrogen-bond donors (Lipinski definition) is 2. The predicted molar refractivity (Wildman–Crippen MR) is 75.7 cm³/mol. The number of esters is 1. The molecule has 21 heavy (non-hydrogen) atoms. The van der Waals surface area contributed by atoms with Crippen LogP contribution in [0.5, 0.6) is 0 Å². The van der Waals surface area contributed by atoms with Crippen LogP contribution in [-0.4, -0.2) is 53.5 Å². The molecule has 1 rings (SSSR count). The van der Waals surface area contributed by atoms with Crippen LogP contribution in [0.25, 0.3) is 0 Å². The molecule has 122 valence electrons. The first-order valence-electron chi connectivity index (χ1n) is 7.77. The first-order valence-corrected chi connectivity index (χ1v) is 7.77. The Morgan fingerprint density at radius 3 is 2.38 bits per heavy atom. The van der Waals surface area contributed by atoms with Gasteiger partial charge >= 0.3 is 5.97 Å². The molecule has 1 heterocycles. The summed E-state index contributed by atoms with van der Waals surface area (Å²) in [7, 11) is 0. The van der Waals surface area contributed by atoms with E-state index in [4.69, 9.17) is 14.6 Å². The Balaban J connectivity index is 2.22. The molecule has 6 heteroatoms. The highest BCUT2D eigenvalue weighted by molar-refractivity contribution is 6.37. The van der Waals surface area contributed by atoms with Crippen molar-refractivity contribution < 1.29 is 29.3 Å². The fourth-order valence-corrected chi connectivity index (χ4v) is 2.33. The molecular weight excluding hydrogens is 276 g/mol. The highest BCUT2D eigenvalue weighted by atomic mass is 16.6. The van der Waals surface area contributed by atoms with Crippen molar-refractivity contribution in [3.63, 3.8) is 0 Å². The number of ketones is 1. The summed E-state index contributed by atoms with van der Waals surface area (Å²) in [6.45, 7) is 1.94. The van der Waals surface area contributed by atoms with Crippen molar-refractivity contribution in [3.8, 4) is 0 Å².